The fraction of sp³-hybridized carbons (Fsp3) is 0.750. The van der Waals surface area contributed by atoms with Crippen LogP contribution in [0.2, 0.25) is 0 Å². The van der Waals surface area contributed by atoms with Crippen LogP contribution in [0.25, 0.3) is 0 Å². The molecule has 0 spiro atoms. The van der Waals surface area contributed by atoms with E-state index >= 15 is 0 Å². The molecule has 15 heteroatoms. The van der Waals surface area contributed by atoms with Crippen LogP contribution in [0.3, 0.4) is 0 Å². The highest BCUT2D eigenvalue weighted by Crippen LogP contribution is 2.10. The summed E-state index contributed by atoms with van der Waals surface area (Å²) in [6.07, 6.45) is 1.54. The number of hydrogen-bond acceptors (Lipinski definition) is 7. The smallest absolute Gasteiger partial charge is 0.326 e. The molecule has 0 heterocycles. The molecular weight excluding hydrogens is 508 g/mol. The van der Waals surface area contributed by atoms with E-state index in [9.17, 15) is 24.3 Å². The number of aliphatic carboxylic acids is 1. The van der Waals surface area contributed by atoms with Crippen molar-refractivity contribution in [2.24, 2.45) is 50.5 Å². The molecule has 0 aromatic heterocycles. The highest BCUT2D eigenvalue weighted by atomic mass is 16.4. The molecule has 0 saturated carbocycles. The summed E-state index contributed by atoms with van der Waals surface area (Å²) in [4.78, 5) is 58.4. The molecule has 0 bridgehead atoms. The first-order chi connectivity index (χ1) is 18.1. The van der Waals surface area contributed by atoms with Gasteiger partial charge in [-0.15, -0.1) is 0 Å². The maximum absolute atomic E-state index is 13.2. The van der Waals surface area contributed by atoms with Gasteiger partial charge < -0.3 is 49.7 Å². The molecule has 0 aromatic rings. The number of rotatable bonds is 19. The van der Waals surface area contributed by atoms with Crippen LogP contribution in [-0.4, -0.2) is 78.0 Å². The number of aliphatic imine (C=N–C) groups is 2. The topological polar surface area (TPSA) is 279 Å². The lowest BCUT2D eigenvalue weighted by atomic mass is 10.00. The van der Waals surface area contributed by atoms with E-state index in [4.69, 9.17) is 28.7 Å². The maximum atomic E-state index is 13.2. The molecule has 0 aliphatic carbocycles. The zero-order valence-electron chi connectivity index (χ0n) is 23.5. The number of carbonyl (C=O) groups excluding carboxylic acids is 3. The van der Waals surface area contributed by atoms with Crippen LogP contribution in [0.1, 0.15) is 66.2 Å². The largest absolute Gasteiger partial charge is 0.480 e. The van der Waals surface area contributed by atoms with Gasteiger partial charge in [0.15, 0.2) is 11.9 Å². The van der Waals surface area contributed by atoms with Gasteiger partial charge in [0.25, 0.3) is 0 Å². The van der Waals surface area contributed by atoms with Gasteiger partial charge in [-0.3, -0.25) is 24.4 Å². The maximum Gasteiger partial charge on any atom is 0.326 e. The SMILES string of the molecule is CC(C)CC(N)C(=O)NC(CC(C)C)C(=O)NC(CCCN=C(N)N)C(=O)NC(CCCN=C(N)N)C(=O)O. The van der Waals surface area contributed by atoms with Gasteiger partial charge in [0.1, 0.15) is 18.1 Å². The van der Waals surface area contributed by atoms with Gasteiger partial charge in [-0.2, -0.15) is 0 Å². The minimum Gasteiger partial charge on any atom is -0.480 e. The van der Waals surface area contributed by atoms with E-state index in [-0.39, 0.29) is 49.7 Å². The standard InChI is InChI=1S/C24H48N10O5/c1-13(2)11-15(25)19(35)34-18(12-14(3)4)21(37)32-16(7-5-9-30-23(26)27)20(36)33-17(22(38)39)8-6-10-31-24(28)29/h13-18H,5-12,25H2,1-4H3,(H,32,37)(H,33,36)(H,34,35)(H,38,39)(H4,26,27,30)(H4,28,29,31). The molecule has 39 heavy (non-hydrogen) atoms. The molecule has 0 saturated heterocycles. The number of carboxylic acids is 1. The quantitative estimate of drug-likeness (QED) is 0.0481. The van der Waals surface area contributed by atoms with Gasteiger partial charge in [-0.05, 0) is 50.4 Å². The molecule has 0 aliphatic heterocycles. The van der Waals surface area contributed by atoms with Crippen LogP contribution in [0.4, 0.5) is 0 Å². The summed E-state index contributed by atoms with van der Waals surface area (Å²) in [5.74, 6) is -3.02. The van der Waals surface area contributed by atoms with Gasteiger partial charge in [-0.1, -0.05) is 27.7 Å². The molecule has 0 rings (SSSR count). The number of nitrogens with two attached hydrogens (primary N) is 5. The average Bonchev–Trinajstić information content (AvgIpc) is 2.80. The van der Waals surface area contributed by atoms with Gasteiger partial charge in [-0.25, -0.2) is 4.79 Å². The average molecular weight is 557 g/mol. The van der Waals surface area contributed by atoms with Crippen molar-refractivity contribution in [2.75, 3.05) is 13.1 Å². The molecule has 3 amide bonds. The lowest BCUT2D eigenvalue weighted by Crippen LogP contribution is -2.57. The van der Waals surface area contributed by atoms with Gasteiger partial charge in [0, 0.05) is 13.1 Å². The Balaban J connectivity index is 5.64. The summed E-state index contributed by atoms with van der Waals surface area (Å²) in [5.41, 5.74) is 27.2. The summed E-state index contributed by atoms with van der Waals surface area (Å²) in [5, 5.41) is 17.4. The minimum atomic E-state index is -1.25. The Labute approximate surface area is 230 Å². The highest BCUT2D eigenvalue weighted by molar-refractivity contribution is 5.94. The van der Waals surface area contributed by atoms with Crippen molar-refractivity contribution >= 4 is 35.6 Å². The molecule has 4 unspecified atom stereocenters. The van der Waals surface area contributed by atoms with Crippen molar-refractivity contribution in [3.8, 4) is 0 Å². The van der Waals surface area contributed by atoms with E-state index in [2.05, 4.69) is 25.9 Å². The van der Waals surface area contributed by atoms with Crippen LogP contribution < -0.4 is 44.6 Å². The van der Waals surface area contributed by atoms with E-state index < -0.39 is 47.9 Å². The molecule has 0 radical (unpaired) electrons. The molecule has 224 valence electrons. The Morgan fingerprint density at radius 2 is 1.08 bits per heavy atom. The number of hydrogen-bond donors (Lipinski definition) is 9. The second-order valence-corrected chi connectivity index (χ2v) is 10.3. The van der Waals surface area contributed by atoms with Gasteiger partial charge in [0.05, 0.1) is 6.04 Å². The summed E-state index contributed by atoms with van der Waals surface area (Å²) in [7, 11) is 0. The number of carboxylic acid groups (broad SMARTS) is 1. The van der Waals surface area contributed by atoms with Gasteiger partial charge in [0.2, 0.25) is 17.7 Å². The lowest BCUT2D eigenvalue weighted by molar-refractivity contribution is -0.142. The summed E-state index contributed by atoms with van der Waals surface area (Å²) in [6, 6.07) is -4.08. The molecular formula is C24H48N10O5. The van der Waals surface area contributed by atoms with Crippen LogP contribution in [0, 0.1) is 11.8 Å². The molecule has 4 atom stereocenters. The van der Waals surface area contributed by atoms with Crippen molar-refractivity contribution in [3.63, 3.8) is 0 Å². The summed E-state index contributed by atoms with van der Waals surface area (Å²) >= 11 is 0. The van der Waals surface area contributed by atoms with Crippen molar-refractivity contribution in [1.29, 1.82) is 0 Å². The van der Waals surface area contributed by atoms with E-state index in [1.807, 2.05) is 27.7 Å². The Kier molecular flexibility index (Phi) is 16.9. The van der Waals surface area contributed by atoms with E-state index in [0.29, 0.717) is 25.7 Å². The van der Waals surface area contributed by atoms with E-state index in [1.54, 1.807) is 0 Å². The fourth-order valence-electron chi connectivity index (χ4n) is 3.67. The third-order valence-electron chi connectivity index (χ3n) is 5.54. The van der Waals surface area contributed by atoms with Crippen molar-refractivity contribution in [1.82, 2.24) is 16.0 Å². The second kappa shape index (κ2) is 18.6. The summed E-state index contributed by atoms with van der Waals surface area (Å²) in [6.45, 7) is 8.03. The van der Waals surface area contributed by atoms with Crippen molar-refractivity contribution in [3.05, 3.63) is 0 Å². The molecule has 0 aliphatic rings. The first kappa shape index (κ1) is 35.4. The third kappa shape index (κ3) is 16.8. The first-order valence-electron chi connectivity index (χ1n) is 13.1. The van der Waals surface area contributed by atoms with E-state index in [0.717, 1.165) is 0 Å². The number of nitrogens with one attached hydrogen (secondary N) is 3. The monoisotopic (exact) mass is 556 g/mol. The van der Waals surface area contributed by atoms with E-state index in [1.165, 1.54) is 0 Å². The van der Waals surface area contributed by atoms with Crippen molar-refractivity contribution < 1.29 is 24.3 Å². The minimum absolute atomic E-state index is 0.0399. The molecule has 0 fully saturated rings. The Morgan fingerprint density at radius 3 is 1.51 bits per heavy atom. The predicted molar refractivity (Wildman–Crippen MR) is 150 cm³/mol. The zero-order chi connectivity index (χ0) is 30.1. The Hall–Kier alpha value is -3.62. The lowest BCUT2D eigenvalue weighted by Gasteiger charge is -2.26. The molecule has 0 aromatic carbocycles. The fourth-order valence-corrected chi connectivity index (χ4v) is 3.67. The first-order valence-corrected chi connectivity index (χ1v) is 13.1. The zero-order valence-corrected chi connectivity index (χ0v) is 23.5. The predicted octanol–water partition coefficient (Wildman–Crippen LogP) is -1.95. The molecule has 15 nitrogen and oxygen atoms in total. The number of amides is 3. The van der Waals surface area contributed by atoms with Crippen molar-refractivity contribution in [2.45, 2.75) is 90.4 Å². The number of carbonyl (C=O) groups is 4. The Morgan fingerprint density at radius 1 is 0.667 bits per heavy atom. The van der Waals surface area contributed by atoms with Crippen LogP contribution in [-0.2, 0) is 19.2 Å². The normalized spacial score (nSPS) is 14.0. The third-order valence-corrected chi connectivity index (χ3v) is 5.54. The van der Waals surface area contributed by atoms with Crippen LogP contribution in [0.15, 0.2) is 9.98 Å². The summed E-state index contributed by atoms with van der Waals surface area (Å²) < 4.78 is 0. The van der Waals surface area contributed by atoms with Crippen LogP contribution in [0.5, 0.6) is 0 Å². The number of nitrogens with zero attached hydrogens (tertiary/aromatic N) is 2. The molecule has 14 N–H and O–H groups in total. The van der Waals surface area contributed by atoms with Gasteiger partial charge >= 0.3 is 5.97 Å². The second-order valence-electron chi connectivity index (χ2n) is 10.3. The highest BCUT2D eigenvalue weighted by Gasteiger charge is 2.30. The number of guanidine groups is 2. The van der Waals surface area contributed by atoms with Crippen LogP contribution >= 0.6 is 0 Å². The Bertz CT molecular complexity index is 854.